The fraction of sp³-hybridized carbons (Fsp3) is 0.467. The molecule has 0 bridgehead atoms. The van der Waals surface area contributed by atoms with Crippen molar-refractivity contribution in [3.8, 4) is 0 Å². The first-order valence-electron chi connectivity index (χ1n) is 13.3. The van der Waals surface area contributed by atoms with E-state index in [1.807, 2.05) is 18.2 Å². The molecule has 190 valence electrons. The topological polar surface area (TPSA) is 58.4 Å². The summed E-state index contributed by atoms with van der Waals surface area (Å²) >= 11 is 0. The predicted molar refractivity (Wildman–Crippen MR) is 141 cm³/mol. The number of carbonyl (C=O) groups is 1. The van der Waals surface area contributed by atoms with Crippen LogP contribution in [0.1, 0.15) is 61.3 Å². The largest absolute Gasteiger partial charge is 0.356 e. The smallest absolute Gasteiger partial charge is 0.244 e. The molecule has 2 aromatic carbocycles. The Hall–Kier alpha value is -2.99. The van der Waals surface area contributed by atoms with E-state index >= 15 is 0 Å². The third kappa shape index (κ3) is 6.04. The lowest BCUT2D eigenvalue weighted by molar-refractivity contribution is -0.116. The third-order valence-corrected chi connectivity index (χ3v) is 8.00. The number of aromatic nitrogens is 1. The van der Waals surface area contributed by atoms with Crippen LogP contribution < -0.4 is 5.32 Å². The molecule has 3 aromatic rings. The molecule has 6 heteroatoms. The van der Waals surface area contributed by atoms with Gasteiger partial charge in [0.15, 0.2) is 5.58 Å². The Morgan fingerprint density at radius 2 is 1.92 bits per heavy atom. The molecule has 5 nitrogen and oxygen atoms in total. The molecule has 1 aliphatic heterocycles. The number of likely N-dealkylation sites (tertiary alicyclic amines) is 1. The second kappa shape index (κ2) is 11.4. The first-order valence-corrected chi connectivity index (χ1v) is 13.3. The number of benzene rings is 2. The summed E-state index contributed by atoms with van der Waals surface area (Å²) in [6.45, 7) is 5.97. The molecule has 0 radical (unpaired) electrons. The van der Waals surface area contributed by atoms with Crippen molar-refractivity contribution in [2.45, 2.75) is 51.4 Å². The van der Waals surface area contributed by atoms with Crippen molar-refractivity contribution in [2.75, 3.05) is 26.2 Å². The number of fused-ring (bicyclic) bond motifs is 1. The van der Waals surface area contributed by atoms with Crippen molar-refractivity contribution < 1.29 is 13.7 Å². The van der Waals surface area contributed by atoms with Crippen LogP contribution >= 0.6 is 0 Å². The van der Waals surface area contributed by atoms with E-state index in [-0.39, 0.29) is 11.7 Å². The number of hydrogen-bond acceptors (Lipinski definition) is 4. The van der Waals surface area contributed by atoms with Gasteiger partial charge in [0, 0.05) is 36.5 Å². The van der Waals surface area contributed by atoms with Crippen molar-refractivity contribution >= 4 is 23.0 Å². The SMILES string of the molecule is Cc1cccc(/C=C/C(=O)NC[C@@H]2CCCC[C@H]2CN2CCC(c3noc4cc(F)ccc34)CC2)c1. The molecule has 1 saturated carbocycles. The number of piperidine rings is 1. The Morgan fingerprint density at radius 1 is 1.11 bits per heavy atom. The summed E-state index contributed by atoms with van der Waals surface area (Å²) in [7, 11) is 0. The van der Waals surface area contributed by atoms with E-state index < -0.39 is 0 Å². The molecular weight excluding hydrogens is 453 g/mol. The average Bonchev–Trinajstić information content (AvgIpc) is 3.30. The fourth-order valence-electron chi connectivity index (χ4n) is 5.98. The minimum atomic E-state index is -0.291. The Balaban J connectivity index is 1.11. The van der Waals surface area contributed by atoms with Crippen molar-refractivity contribution in [3.05, 3.63) is 71.2 Å². The van der Waals surface area contributed by atoms with Crippen molar-refractivity contribution in [2.24, 2.45) is 11.8 Å². The maximum absolute atomic E-state index is 13.5. The van der Waals surface area contributed by atoms with Crippen LogP contribution in [0.3, 0.4) is 0 Å². The average molecular weight is 490 g/mol. The molecule has 0 spiro atoms. The van der Waals surface area contributed by atoms with Gasteiger partial charge in [-0.25, -0.2) is 4.39 Å². The third-order valence-electron chi connectivity index (χ3n) is 8.00. The Bertz CT molecular complexity index is 1210. The van der Waals surface area contributed by atoms with Crippen molar-refractivity contribution in [1.82, 2.24) is 15.4 Å². The summed E-state index contributed by atoms with van der Waals surface area (Å²) in [5.41, 5.74) is 3.75. The second-order valence-electron chi connectivity index (χ2n) is 10.6. The highest BCUT2D eigenvalue weighted by Crippen LogP contribution is 2.35. The highest BCUT2D eigenvalue weighted by molar-refractivity contribution is 5.91. The number of rotatable bonds is 7. The molecule has 1 aliphatic carbocycles. The van der Waals surface area contributed by atoms with Crippen molar-refractivity contribution in [1.29, 1.82) is 0 Å². The van der Waals surface area contributed by atoms with Gasteiger partial charge in [0.05, 0.1) is 5.69 Å². The van der Waals surface area contributed by atoms with Gasteiger partial charge in [-0.2, -0.15) is 0 Å². The molecule has 1 aromatic heterocycles. The Morgan fingerprint density at radius 3 is 2.72 bits per heavy atom. The number of aryl methyl sites for hydroxylation is 1. The lowest BCUT2D eigenvalue weighted by Gasteiger charge is -2.38. The van der Waals surface area contributed by atoms with Gasteiger partial charge in [0.1, 0.15) is 5.82 Å². The lowest BCUT2D eigenvalue weighted by atomic mass is 9.78. The molecule has 5 rings (SSSR count). The van der Waals surface area contributed by atoms with Crippen LogP contribution in [0.25, 0.3) is 17.0 Å². The van der Waals surface area contributed by atoms with Gasteiger partial charge in [0.25, 0.3) is 0 Å². The number of nitrogens with zero attached hydrogens (tertiary/aromatic N) is 2. The lowest BCUT2D eigenvalue weighted by Crippen LogP contribution is -2.42. The van der Waals surface area contributed by atoms with E-state index in [1.165, 1.54) is 43.4 Å². The van der Waals surface area contributed by atoms with E-state index in [0.717, 1.165) is 55.7 Å². The molecule has 36 heavy (non-hydrogen) atoms. The monoisotopic (exact) mass is 489 g/mol. The molecule has 2 fully saturated rings. The van der Waals surface area contributed by atoms with Crippen molar-refractivity contribution in [3.63, 3.8) is 0 Å². The van der Waals surface area contributed by atoms with E-state index in [2.05, 4.69) is 34.4 Å². The molecular formula is C30H36FN3O2. The summed E-state index contributed by atoms with van der Waals surface area (Å²) in [5.74, 6) is 1.20. The predicted octanol–water partition coefficient (Wildman–Crippen LogP) is 6.09. The van der Waals surface area contributed by atoms with Crippen LogP contribution in [0.5, 0.6) is 0 Å². The molecule has 1 saturated heterocycles. The number of nitrogens with one attached hydrogen (secondary N) is 1. The van der Waals surface area contributed by atoms with Crippen LogP contribution in [0.4, 0.5) is 4.39 Å². The summed E-state index contributed by atoms with van der Waals surface area (Å²) in [6.07, 6.45) is 10.6. The van der Waals surface area contributed by atoms with Gasteiger partial charge in [-0.05, 0) is 81.3 Å². The zero-order valence-electron chi connectivity index (χ0n) is 21.1. The van der Waals surface area contributed by atoms with Crippen LogP contribution in [-0.2, 0) is 4.79 Å². The van der Waals surface area contributed by atoms with Gasteiger partial charge in [-0.15, -0.1) is 0 Å². The Labute approximate surface area is 212 Å². The maximum atomic E-state index is 13.5. The molecule has 2 aliphatic rings. The van der Waals surface area contributed by atoms with Gasteiger partial charge in [-0.1, -0.05) is 47.8 Å². The molecule has 1 amide bonds. The van der Waals surface area contributed by atoms with Gasteiger partial charge >= 0.3 is 0 Å². The summed E-state index contributed by atoms with van der Waals surface area (Å²) in [6, 6.07) is 12.9. The highest BCUT2D eigenvalue weighted by atomic mass is 19.1. The van der Waals surface area contributed by atoms with Crippen LogP contribution in [-0.4, -0.2) is 42.1 Å². The van der Waals surface area contributed by atoms with Crippen LogP contribution in [0, 0.1) is 24.6 Å². The minimum absolute atomic E-state index is 0.0126. The number of carbonyl (C=O) groups excluding carboxylic acids is 1. The second-order valence-corrected chi connectivity index (χ2v) is 10.6. The van der Waals surface area contributed by atoms with E-state index in [0.29, 0.717) is 23.3 Å². The maximum Gasteiger partial charge on any atom is 0.244 e. The van der Waals surface area contributed by atoms with Crippen LogP contribution in [0.15, 0.2) is 53.1 Å². The van der Waals surface area contributed by atoms with E-state index in [9.17, 15) is 9.18 Å². The van der Waals surface area contributed by atoms with Gasteiger partial charge in [0.2, 0.25) is 5.91 Å². The van der Waals surface area contributed by atoms with Gasteiger partial charge < -0.3 is 14.7 Å². The fourth-order valence-corrected chi connectivity index (χ4v) is 5.98. The molecule has 2 heterocycles. The zero-order chi connectivity index (χ0) is 24.9. The van der Waals surface area contributed by atoms with E-state index in [4.69, 9.17) is 4.52 Å². The summed E-state index contributed by atoms with van der Waals surface area (Å²) in [5, 5.41) is 8.39. The number of halogens is 1. The quantitative estimate of drug-likeness (QED) is 0.408. The number of hydrogen-bond donors (Lipinski definition) is 1. The molecule has 0 unspecified atom stereocenters. The highest BCUT2D eigenvalue weighted by Gasteiger charge is 2.30. The first kappa shape index (κ1) is 24.7. The zero-order valence-corrected chi connectivity index (χ0v) is 21.1. The minimum Gasteiger partial charge on any atom is -0.356 e. The summed E-state index contributed by atoms with van der Waals surface area (Å²) in [4.78, 5) is 15.0. The normalized spacial score (nSPS) is 21.8. The Kier molecular flexibility index (Phi) is 7.81. The first-order chi connectivity index (χ1) is 17.5. The standard InChI is InChI=1S/C30H36FN3O2/c1-21-5-4-6-22(17-21)9-12-29(35)32-19-24-7-2-3-8-25(24)20-34-15-13-23(14-16-34)30-27-11-10-26(31)18-28(27)36-33-30/h4-6,9-12,17-18,23-25H,2-3,7-8,13-16,19-20H2,1H3,(H,32,35)/b12-9+/t24-,25-/m0/s1. The molecule has 1 N–H and O–H groups in total. The van der Waals surface area contributed by atoms with E-state index in [1.54, 1.807) is 12.1 Å². The van der Waals surface area contributed by atoms with Gasteiger partial charge in [-0.3, -0.25) is 4.79 Å². The molecule has 2 atom stereocenters. The summed E-state index contributed by atoms with van der Waals surface area (Å²) < 4.78 is 18.9. The number of amides is 1. The van der Waals surface area contributed by atoms with Crippen LogP contribution in [0.2, 0.25) is 0 Å².